The van der Waals surface area contributed by atoms with Crippen LogP contribution in [0.1, 0.15) is 13.8 Å². The summed E-state index contributed by atoms with van der Waals surface area (Å²) in [6.45, 7) is 4.11. The zero-order valence-corrected chi connectivity index (χ0v) is 8.97. The molecule has 1 rings (SSSR count). The van der Waals surface area contributed by atoms with Crippen LogP contribution >= 0.6 is 0 Å². The molecule has 0 aromatic carbocycles. The third kappa shape index (κ3) is 3.12. The molecule has 82 valence electrons. The summed E-state index contributed by atoms with van der Waals surface area (Å²) in [5, 5.41) is 0. The summed E-state index contributed by atoms with van der Waals surface area (Å²) in [6, 6.07) is 3.69. The fourth-order valence-electron chi connectivity index (χ4n) is 1.26. The highest BCUT2D eigenvalue weighted by Gasteiger charge is 2.13. The van der Waals surface area contributed by atoms with Gasteiger partial charge in [-0.1, -0.05) is 0 Å². The second-order valence-corrected chi connectivity index (χ2v) is 3.64. The molecule has 0 unspecified atom stereocenters. The van der Waals surface area contributed by atoms with Crippen LogP contribution in [0.4, 0.5) is 11.5 Å². The highest BCUT2D eigenvalue weighted by atomic mass is 16.1. The molecule has 0 bridgehead atoms. The van der Waals surface area contributed by atoms with Crippen molar-refractivity contribution in [3.63, 3.8) is 0 Å². The molecule has 0 fully saturated rings. The van der Waals surface area contributed by atoms with Gasteiger partial charge in [-0.05, 0) is 26.0 Å². The second kappa shape index (κ2) is 4.63. The lowest BCUT2D eigenvalue weighted by molar-refractivity contribution is -0.116. The lowest BCUT2D eigenvalue weighted by Crippen LogP contribution is -2.39. The summed E-state index contributed by atoms with van der Waals surface area (Å²) in [7, 11) is 0. The van der Waals surface area contributed by atoms with Gasteiger partial charge in [0.15, 0.2) is 0 Å². The lowest BCUT2D eigenvalue weighted by atomic mass is 10.3. The van der Waals surface area contributed by atoms with Crippen molar-refractivity contribution in [3.05, 3.63) is 18.3 Å². The Bertz CT molecular complexity index is 334. The molecule has 15 heavy (non-hydrogen) atoms. The maximum Gasteiger partial charge on any atom is 0.237 e. The number of anilines is 2. The van der Waals surface area contributed by atoms with Gasteiger partial charge in [-0.2, -0.15) is 0 Å². The van der Waals surface area contributed by atoms with Crippen molar-refractivity contribution < 1.29 is 4.79 Å². The summed E-state index contributed by atoms with van der Waals surface area (Å²) < 4.78 is 0. The molecule has 0 aliphatic rings. The Hall–Kier alpha value is -1.78. The number of carbonyl (C=O) groups excluding carboxylic acids is 1. The topological polar surface area (TPSA) is 85.2 Å². The molecule has 0 atom stereocenters. The van der Waals surface area contributed by atoms with Gasteiger partial charge in [0.2, 0.25) is 5.91 Å². The van der Waals surface area contributed by atoms with Crippen LogP contribution in [0.5, 0.6) is 0 Å². The molecule has 0 saturated heterocycles. The summed E-state index contributed by atoms with van der Waals surface area (Å²) >= 11 is 0. The Balaban J connectivity index is 2.88. The zero-order valence-electron chi connectivity index (χ0n) is 8.97. The number of hydrogen-bond acceptors (Lipinski definition) is 4. The molecule has 0 aliphatic carbocycles. The largest absolute Gasteiger partial charge is 0.397 e. The average Bonchev–Trinajstić information content (AvgIpc) is 2.15. The van der Waals surface area contributed by atoms with E-state index in [0.29, 0.717) is 11.5 Å². The number of pyridine rings is 1. The summed E-state index contributed by atoms with van der Waals surface area (Å²) in [6.07, 6.45) is 1.56. The van der Waals surface area contributed by atoms with E-state index >= 15 is 0 Å². The van der Waals surface area contributed by atoms with Crippen molar-refractivity contribution in [2.45, 2.75) is 19.9 Å². The third-order valence-corrected chi connectivity index (χ3v) is 2.01. The van der Waals surface area contributed by atoms with Crippen LogP contribution in [-0.2, 0) is 4.79 Å². The van der Waals surface area contributed by atoms with Gasteiger partial charge in [0.1, 0.15) is 5.82 Å². The summed E-state index contributed by atoms with van der Waals surface area (Å²) in [4.78, 5) is 16.8. The van der Waals surface area contributed by atoms with Crippen LogP contribution in [0, 0.1) is 0 Å². The molecule has 1 aromatic heterocycles. The number of carbonyl (C=O) groups is 1. The predicted molar refractivity (Wildman–Crippen MR) is 60.3 cm³/mol. The number of hydrogen-bond donors (Lipinski definition) is 2. The van der Waals surface area contributed by atoms with Gasteiger partial charge in [0.25, 0.3) is 0 Å². The monoisotopic (exact) mass is 208 g/mol. The first-order valence-electron chi connectivity index (χ1n) is 4.77. The molecule has 1 amide bonds. The van der Waals surface area contributed by atoms with Crippen molar-refractivity contribution >= 4 is 17.4 Å². The first-order chi connectivity index (χ1) is 7.00. The fraction of sp³-hybridized carbons (Fsp3) is 0.400. The van der Waals surface area contributed by atoms with E-state index in [1.807, 2.05) is 18.7 Å². The Morgan fingerprint density at radius 2 is 2.20 bits per heavy atom. The molecule has 5 nitrogen and oxygen atoms in total. The standard InChI is InChI=1S/C10H16N4O/c1-7(2)14(6-9(12)15)10-4-3-8(11)5-13-10/h3-5,7H,6,11H2,1-2H3,(H2,12,15). The van der Waals surface area contributed by atoms with E-state index in [4.69, 9.17) is 11.5 Å². The molecule has 0 aliphatic heterocycles. The number of nitrogens with two attached hydrogens (primary N) is 2. The summed E-state index contributed by atoms with van der Waals surface area (Å²) in [5.41, 5.74) is 11.3. The van der Waals surface area contributed by atoms with Crippen molar-refractivity contribution in [1.82, 2.24) is 4.98 Å². The molecule has 1 heterocycles. The first-order valence-corrected chi connectivity index (χ1v) is 4.77. The number of rotatable bonds is 4. The molecule has 4 N–H and O–H groups in total. The van der Waals surface area contributed by atoms with E-state index in [-0.39, 0.29) is 18.5 Å². The van der Waals surface area contributed by atoms with Crippen LogP contribution in [0.25, 0.3) is 0 Å². The molecule has 5 heteroatoms. The highest BCUT2D eigenvalue weighted by molar-refractivity contribution is 5.79. The van der Waals surface area contributed by atoms with E-state index in [2.05, 4.69) is 4.98 Å². The Kier molecular flexibility index (Phi) is 3.49. The van der Waals surface area contributed by atoms with Crippen LogP contribution in [0.15, 0.2) is 18.3 Å². The van der Waals surface area contributed by atoms with E-state index < -0.39 is 0 Å². The molecular formula is C10H16N4O. The third-order valence-electron chi connectivity index (χ3n) is 2.01. The van der Waals surface area contributed by atoms with Crippen LogP contribution in [0.2, 0.25) is 0 Å². The van der Waals surface area contributed by atoms with Gasteiger partial charge in [0.05, 0.1) is 18.4 Å². The SMILES string of the molecule is CC(C)N(CC(N)=O)c1ccc(N)cn1. The van der Waals surface area contributed by atoms with Gasteiger partial charge < -0.3 is 16.4 Å². The fourth-order valence-corrected chi connectivity index (χ4v) is 1.26. The number of primary amides is 1. The lowest BCUT2D eigenvalue weighted by Gasteiger charge is -2.26. The number of aromatic nitrogens is 1. The van der Waals surface area contributed by atoms with E-state index in [1.54, 1.807) is 18.3 Å². The minimum atomic E-state index is -0.373. The Morgan fingerprint density at radius 3 is 2.60 bits per heavy atom. The maximum absolute atomic E-state index is 10.9. The van der Waals surface area contributed by atoms with Crippen LogP contribution in [0.3, 0.4) is 0 Å². The molecular weight excluding hydrogens is 192 g/mol. The first kappa shape index (κ1) is 11.3. The quantitative estimate of drug-likeness (QED) is 0.748. The predicted octanol–water partition coefficient (Wildman–Crippen LogP) is 0.364. The van der Waals surface area contributed by atoms with Crippen LogP contribution in [-0.4, -0.2) is 23.5 Å². The van der Waals surface area contributed by atoms with Crippen LogP contribution < -0.4 is 16.4 Å². The normalized spacial score (nSPS) is 10.3. The zero-order chi connectivity index (χ0) is 11.4. The Labute approximate surface area is 89.1 Å². The van der Waals surface area contributed by atoms with Crippen molar-refractivity contribution in [2.75, 3.05) is 17.2 Å². The molecule has 0 radical (unpaired) electrons. The number of amides is 1. The highest BCUT2D eigenvalue weighted by Crippen LogP contribution is 2.14. The van der Waals surface area contributed by atoms with Crippen molar-refractivity contribution in [3.8, 4) is 0 Å². The van der Waals surface area contributed by atoms with Gasteiger partial charge in [0, 0.05) is 6.04 Å². The molecule has 0 spiro atoms. The summed E-state index contributed by atoms with van der Waals surface area (Å²) in [5.74, 6) is 0.334. The molecule has 1 aromatic rings. The van der Waals surface area contributed by atoms with E-state index in [0.717, 1.165) is 0 Å². The number of nitrogens with zero attached hydrogens (tertiary/aromatic N) is 2. The van der Waals surface area contributed by atoms with Gasteiger partial charge >= 0.3 is 0 Å². The van der Waals surface area contributed by atoms with E-state index in [9.17, 15) is 4.79 Å². The number of nitrogen functional groups attached to an aromatic ring is 1. The van der Waals surface area contributed by atoms with Gasteiger partial charge in [-0.15, -0.1) is 0 Å². The minimum Gasteiger partial charge on any atom is -0.397 e. The van der Waals surface area contributed by atoms with E-state index in [1.165, 1.54) is 0 Å². The minimum absolute atomic E-state index is 0.161. The van der Waals surface area contributed by atoms with Crippen molar-refractivity contribution in [1.29, 1.82) is 0 Å². The van der Waals surface area contributed by atoms with Gasteiger partial charge in [-0.3, -0.25) is 4.79 Å². The average molecular weight is 208 g/mol. The van der Waals surface area contributed by atoms with Gasteiger partial charge in [-0.25, -0.2) is 4.98 Å². The van der Waals surface area contributed by atoms with Crippen molar-refractivity contribution in [2.24, 2.45) is 5.73 Å². The second-order valence-electron chi connectivity index (χ2n) is 3.64. The smallest absolute Gasteiger partial charge is 0.237 e. The molecule has 0 saturated carbocycles. The maximum atomic E-state index is 10.9. The Morgan fingerprint density at radius 1 is 1.53 bits per heavy atom.